The van der Waals surface area contributed by atoms with E-state index in [0.29, 0.717) is 5.56 Å². The molecule has 4 rings (SSSR count). The molecule has 0 radical (unpaired) electrons. The van der Waals surface area contributed by atoms with E-state index in [0.717, 1.165) is 18.0 Å². The highest BCUT2D eigenvalue weighted by Crippen LogP contribution is 2.30. The van der Waals surface area contributed by atoms with Gasteiger partial charge in [-0.1, -0.05) is 24.3 Å². The van der Waals surface area contributed by atoms with Gasteiger partial charge in [-0.3, -0.25) is 4.79 Å². The number of hydrogen-bond donors (Lipinski definition) is 1. The Hall–Kier alpha value is -3.47. The second kappa shape index (κ2) is 7.41. The van der Waals surface area contributed by atoms with Gasteiger partial charge in [0.25, 0.3) is 5.56 Å². The molecule has 0 bridgehead atoms. The van der Waals surface area contributed by atoms with Crippen LogP contribution in [0.1, 0.15) is 11.3 Å². The summed E-state index contributed by atoms with van der Waals surface area (Å²) in [4.78, 5) is 29.4. The molecule has 3 heterocycles. The number of alkyl halides is 3. The number of aryl methyl sites for hydroxylation is 1. The van der Waals surface area contributed by atoms with Gasteiger partial charge in [-0.15, -0.1) is 0 Å². The van der Waals surface area contributed by atoms with E-state index < -0.39 is 17.4 Å². The number of halogens is 4. The van der Waals surface area contributed by atoms with Gasteiger partial charge in [-0.2, -0.15) is 23.1 Å². The fourth-order valence-electron chi connectivity index (χ4n) is 2.76. The summed E-state index contributed by atoms with van der Waals surface area (Å²) < 4.78 is 45.5. The van der Waals surface area contributed by atoms with Crippen molar-refractivity contribution in [3.05, 3.63) is 63.6 Å². The van der Waals surface area contributed by atoms with Crippen molar-refractivity contribution in [3.8, 4) is 17.3 Å². The SMILES string of the molecule is Cn1cc(C(F)(F)F)nc1-c1ccc(COc2nc(Cl)nc3[nH]c(=O)cnc23)cc1. The lowest BCUT2D eigenvalue weighted by atomic mass is 10.1. The second-order valence-corrected chi connectivity index (χ2v) is 6.62. The number of rotatable bonds is 4. The lowest BCUT2D eigenvalue weighted by Crippen LogP contribution is -2.08. The Morgan fingerprint density at radius 2 is 1.90 bits per heavy atom. The average Bonchev–Trinajstić information content (AvgIpc) is 3.08. The molecular weight excluding hydrogens is 425 g/mol. The molecule has 0 unspecified atom stereocenters. The molecule has 0 spiro atoms. The normalized spacial score (nSPS) is 11.8. The van der Waals surface area contributed by atoms with Crippen LogP contribution in [0.15, 0.2) is 41.5 Å². The maximum atomic E-state index is 12.8. The van der Waals surface area contributed by atoms with Crippen molar-refractivity contribution < 1.29 is 17.9 Å². The first-order valence-corrected chi connectivity index (χ1v) is 8.84. The number of nitrogens with zero attached hydrogens (tertiary/aromatic N) is 5. The number of nitrogens with one attached hydrogen (secondary N) is 1. The quantitative estimate of drug-likeness (QED) is 0.492. The van der Waals surface area contributed by atoms with Crippen LogP contribution in [-0.4, -0.2) is 29.5 Å². The molecule has 30 heavy (non-hydrogen) atoms. The van der Waals surface area contributed by atoms with Gasteiger partial charge in [-0.05, 0) is 17.2 Å². The van der Waals surface area contributed by atoms with Crippen molar-refractivity contribution in [1.82, 2.24) is 29.5 Å². The molecule has 4 aromatic rings. The van der Waals surface area contributed by atoms with Crippen LogP contribution in [0, 0.1) is 0 Å². The molecule has 0 saturated heterocycles. The molecule has 0 amide bonds. The number of aromatic amines is 1. The van der Waals surface area contributed by atoms with Crippen LogP contribution in [0.2, 0.25) is 5.28 Å². The fraction of sp³-hybridized carbons (Fsp3) is 0.167. The molecule has 0 aliphatic carbocycles. The summed E-state index contributed by atoms with van der Waals surface area (Å²) in [6.45, 7) is 0.0812. The van der Waals surface area contributed by atoms with Crippen LogP contribution >= 0.6 is 11.6 Å². The number of imidazole rings is 1. The summed E-state index contributed by atoms with van der Waals surface area (Å²) in [6, 6.07) is 6.67. The van der Waals surface area contributed by atoms with Crippen LogP contribution in [-0.2, 0) is 19.8 Å². The van der Waals surface area contributed by atoms with E-state index in [1.54, 1.807) is 24.3 Å². The maximum absolute atomic E-state index is 12.8. The summed E-state index contributed by atoms with van der Waals surface area (Å²) in [5.41, 5.74) is 0.224. The van der Waals surface area contributed by atoms with Gasteiger partial charge in [0.05, 0.1) is 6.20 Å². The topological polar surface area (TPSA) is 98.6 Å². The van der Waals surface area contributed by atoms with Crippen molar-refractivity contribution in [2.75, 3.05) is 0 Å². The molecule has 0 aliphatic heterocycles. The Morgan fingerprint density at radius 1 is 1.17 bits per heavy atom. The molecule has 12 heteroatoms. The third kappa shape index (κ3) is 3.96. The molecule has 1 aromatic carbocycles. The fourth-order valence-corrected chi connectivity index (χ4v) is 2.92. The molecule has 3 aromatic heterocycles. The number of benzene rings is 1. The van der Waals surface area contributed by atoms with Crippen LogP contribution in [0.4, 0.5) is 13.2 Å². The monoisotopic (exact) mass is 436 g/mol. The lowest BCUT2D eigenvalue weighted by molar-refractivity contribution is -0.140. The van der Waals surface area contributed by atoms with Crippen molar-refractivity contribution in [1.29, 1.82) is 0 Å². The Labute approximate surface area is 171 Å². The first kappa shape index (κ1) is 19.8. The minimum atomic E-state index is -4.51. The van der Waals surface area contributed by atoms with Crippen LogP contribution in [0.5, 0.6) is 5.88 Å². The zero-order chi connectivity index (χ0) is 21.5. The van der Waals surface area contributed by atoms with Crippen molar-refractivity contribution in [3.63, 3.8) is 0 Å². The minimum absolute atomic E-state index is 0.0812. The summed E-state index contributed by atoms with van der Waals surface area (Å²) in [5.74, 6) is 0.278. The standard InChI is InChI=1S/C18H12ClF3N6O2/c1-28-7-11(18(20,21)22)24-15(28)10-4-2-9(3-5-10)8-30-16-13-14(26-17(19)27-16)25-12(29)6-23-13/h2-7H,8H2,1H3,(H,25,26,27,29). The van der Waals surface area contributed by atoms with Gasteiger partial charge in [0.2, 0.25) is 11.2 Å². The van der Waals surface area contributed by atoms with E-state index in [4.69, 9.17) is 16.3 Å². The lowest BCUT2D eigenvalue weighted by Gasteiger charge is -2.08. The molecule has 0 fully saturated rings. The maximum Gasteiger partial charge on any atom is 0.434 e. The molecular formula is C18H12ClF3N6O2. The third-order valence-electron chi connectivity index (χ3n) is 4.13. The van der Waals surface area contributed by atoms with Crippen LogP contribution < -0.4 is 10.3 Å². The largest absolute Gasteiger partial charge is 0.471 e. The minimum Gasteiger partial charge on any atom is -0.471 e. The summed E-state index contributed by atoms with van der Waals surface area (Å²) in [7, 11) is 1.50. The van der Waals surface area contributed by atoms with E-state index in [1.165, 1.54) is 11.6 Å². The first-order chi connectivity index (χ1) is 14.2. The number of fused-ring (bicyclic) bond motifs is 1. The smallest absolute Gasteiger partial charge is 0.434 e. The predicted octanol–water partition coefficient (Wildman–Crippen LogP) is 3.36. The Balaban J connectivity index is 1.55. The predicted molar refractivity (Wildman–Crippen MR) is 101 cm³/mol. The number of ether oxygens (including phenoxy) is 1. The first-order valence-electron chi connectivity index (χ1n) is 8.46. The highest BCUT2D eigenvalue weighted by Gasteiger charge is 2.34. The number of H-pyrrole nitrogens is 1. The van der Waals surface area contributed by atoms with E-state index in [-0.39, 0.29) is 34.8 Å². The van der Waals surface area contributed by atoms with Gasteiger partial charge < -0.3 is 14.3 Å². The molecule has 1 N–H and O–H groups in total. The summed E-state index contributed by atoms with van der Waals surface area (Å²) in [5, 5.41) is -0.119. The molecule has 0 atom stereocenters. The molecule has 0 aliphatic rings. The zero-order valence-electron chi connectivity index (χ0n) is 15.2. The van der Waals surface area contributed by atoms with Crippen molar-refractivity contribution in [2.24, 2.45) is 7.05 Å². The summed E-state index contributed by atoms with van der Waals surface area (Å²) in [6.07, 6.45) is -2.50. The van der Waals surface area contributed by atoms with Crippen LogP contribution in [0.25, 0.3) is 22.6 Å². The summed E-state index contributed by atoms with van der Waals surface area (Å²) >= 11 is 5.85. The van der Waals surface area contributed by atoms with Gasteiger partial charge >= 0.3 is 6.18 Å². The highest BCUT2D eigenvalue weighted by molar-refractivity contribution is 6.28. The van der Waals surface area contributed by atoms with Gasteiger partial charge in [-0.25, -0.2) is 9.97 Å². The van der Waals surface area contributed by atoms with Gasteiger partial charge in [0.1, 0.15) is 12.4 Å². The number of hydrogen-bond acceptors (Lipinski definition) is 6. The molecule has 0 saturated carbocycles. The van der Waals surface area contributed by atoms with E-state index in [1.807, 2.05) is 0 Å². The zero-order valence-corrected chi connectivity index (χ0v) is 16.0. The second-order valence-electron chi connectivity index (χ2n) is 6.29. The average molecular weight is 437 g/mol. The number of aromatic nitrogens is 6. The Kier molecular flexibility index (Phi) is 4.90. The van der Waals surface area contributed by atoms with E-state index in [9.17, 15) is 18.0 Å². The van der Waals surface area contributed by atoms with Crippen LogP contribution in [0.3, 0.4) is 0 Å². The van der Waals surface area contributed by atoms with E-state index >= 15 is 0 Å². The molecule has 154 valence electrons. The van der Waals surface area contributed by atoms with Crippen molar-refractivity contribution >= 4 is 22.8 Å². The van der Waals surface area contributed by atoms with Gasteiger partial charge in [0.15, 0.2) is 16.9 Å². The Morgan fingerprint density at radius 3 is 2.57 bits per heavy atom. The van der Waals surface area contributed by atoms with Crippen molar-refractivity contribution in [2.45, 2.75) is 12.8 Å². The third-order valence-corrected chi connectivity index (χ3v) is 4.30. The van der Waals surface area contributed by atoms with Gasteiger partial charge in [0, 0.05) is 18.8 Å². The highest BCUT2D eigenvalue weighted by atomic mass is 35.5. The Bertz CT molecular complexity index is 1280. The molecule has 8 nitrogen and oxygen atoms in total. The van der Waals surface area contributed by atoms with E-state index in [2.05, 4.69) is 24.9 Å².